The first-order valence-corrected chi connectivity index (χ1v) is 10.5. The molecule has 0 saturated carbocycles. The van der Waals surface area contributed by atoms with E-state index < -0.39 is 0 Å². The van der Waals surface area contributed by atoms with Crippen molar-refractivity contribution >= 4 is 56.6 Å². The number of thiazole rings is 1. The first-order valence-electron chi connectivity index (χ1n) is 8.90. The summed E-state index contributed by atoms with van der Waals surface area (Å²) in [5.74, 6) is 1.19. The fraction of sp³-hybridized carbons (Fsp3) is 0.0909. The van der Waals surface area contributed by atoms with Crippen molar-refractivity contribution < 1.29 is 4.42 Å². The number of hydrogen-bond donors (Lipinski definition) is 0. The highest BCUT2D eigenvalue weighted by atomic mass is 35.5. The number of nitrogens with zero attached hydrogens (tertiary/aromatic N) is 2. The summed E-state index contributed by atoms with van der Waals surface area (Å²) >= 11 is 13.6. The summed E-state index contributed by atoms with van der Waals surface area (Å²) < 4.78 is 8.13. The van der Waals surface area contributed by atoms with E-state index in [0.717, 1.165) is 27.7 Å². The molecule has 5 rings (SSSR count). The van der Waals surface area contributed by atoms with Crippen LogP contribution < -0.4 is 10.1 Å². The molecule has 0 bridgehead atoms. The van der Waals surface area contributed by atoms with Gasteiger partial charge in [-0.1, -0.05) is 34.5 Å². The molecule has 4 nitrogen and oxygen atoms in total. The number of aryl methyl sites for hydroxylation is 2. The Bertz CT molecular complexity index is 1530. The minimum atomic E-state index is -0.0989. The van der Waals surface area contributed by atoms with E-state index in [2.05, 4.69) is 4.98 Å². The first-order chi connectivity index (χ1) is 13.9. The molecule has 0 spiro atoms. The second kappa shape index (κ2) is 6.73. The number of imidazole rings is 1. The fourth-order valence-electron chi connectivity index (χ4n) is 3.31. The lowest BCUT2D eigenvalue weighted by molar-refractivity contribution is 0.571. The third-order valence-electron chi connectivity index (χ3n) is 4.95. The maximum absolute atomic E-state index is 13.0. The molecule has 0 unspecified atom stereocenters. The monoisotopic (exact) mass is 440 g/mol. The maximum atomic E-state index is 13.0. The van der Waals surface area contributed by atoms with E-state index in [-0.39, 0.29) is 5.56 Å². The van der Waals surface area contributed by atoms with E-state index in [1.165, 1.54) is 11.3 Å². The predicted molar refractivity (Wildman–Crippen MR) is 119 cm³/mol. The second-order valence-electron chi connectivity index (χ2n) is 6.90. The highest BCUT2D eigenvalue weighted by Gasteiger charge is 2.13. The predicted octanol–water partition coefficient (Wildman–Crippen LogP) is 5.64. The summed E-state index contributed by atoms with van der Waals surface area (Å²) in [5.41, 5.74) is 4.60. The van der Waals surface area contributed by atoms with Gasteiger partial charge in [-0.15, -0.1) is 0 Å². The van der Waals surface area contributed by atoms with Crippen LogP contribution in [0.1, 0.15) is 16.9 Å². The van der Waals surface area contributed by atoms with Crippen LogP contribution in [0.25, 0.3) is 33.4 Å². The molecule has 0 atom stereocenters. The summed E-state index contributed by atoms with van der Waals surface area (Å²) in [6.45, 7) is 4.07. The van der Waals surface area contributed by atoms with Crippen LogP contribution in [0.4, 0.5) is 0 Å². The molecule has 0 saturated heterocycles. The van der Waals surface area contributed by atoms with Gasteiger partial charge in [0, 0.05) is 16.7 Å². The van der Waals surface area contributed by atoms with Crippen LogP contribution in [0.2, 0.25) is 10.0 Å². The Labute approximate surface area is 179 Å². The highest BCUT2D eigenvalue weighted by Crippen LogP contribution is 2.31. The van der Waals surface area contributed by atoms with Crippen LogP contribution in [-0.4, -0.2) is 9.38 Å². The highest BCUT2D eigenvalue weighted by molar-refractivity contribution is 7.15. The molecule has 7 heteroatoms. The molecule has 0 aliphatic heterocycles. The van der Waals surface area contributed by atoms with E-state index in [1.54, 1.807) is 22.6 Å². The van der Waals surface area contributed by atoms with Crippen LogP contribution in [-0.2, 0) is 0 Å². The van der Waals surface area contributed by atoms with Crippen molar-refractivity contribution in [2.24, 2.45) is 0 Å². The van der Waals surface area contributed by atoms with Crippen LogP contribution in [0, 0.1) is 13.8 Å². The fourth-order valence-corrected chi connectivity index (χ4v) is 4.78. The number of halogens is 2. The number of fused-ring (bicyclic) bond motifs is 3. The zero-order valence-corrected chi connectivity index (χ0v) is 17.8. The normalized spacial score (nSPS) is 12.5. The molecule has 29 heavy (non-hydrogen) atoms. The zero-order valence-electron chi connectivity index (χ0n) is 15.5. The van der Waals surface area contributed by atoms with Gasteiger partial charge in [-0.05, 0) is 67.4 Å². The van der Waals surface area contributed by atoms with Crippen molar-refractivity contribution in [2.45, 2.75) is 13.8 Å². The van der Waals surface area contributed by atoms with Crippen molar-refractivity contribution in [1.82, 2.24) is 9.38 Å². The van der Waals surface area contributed by atoms with Crippen molar-refractivity contribution in [2.75, 3.05) is 0 Å². The molecule has 0 amide bonds. The Morgan fingerprint density at radius 1 is 1.07 bits per heavy atom. The minimum absolute atomic E-state index is 0.0989. The van der Waals surface area contributed by atoms with Crippen molar-refractivity contribution in [3.8, 4) is 11.3 Å². The molecule has 5 aromatic rings. The van der Waals surface area contributed by atoms with Gasteiger partial charge in [0.1, 0.15) is 16.1 Å². The van der Waals surface area contributed by atoms with Gasteiger partial charge in [-0.25, -0.2) is 9.38 Å². The molecule has 0 fully saturated rings. The van der Waals surface area contributed by atoms with Crippen LogP contribution in [0.15, 0.2) is 51.7 Å². The standard InChI is InChI=1S/C22H14Cl2N2O2S/c1-11-7-17-18(8-12(11)2)26-21(27)20(29-22(26)25-17)10-14-4-6-19(28-14)15-5-3-13(23)9-16(15)24/h3-10H,1-2H3/b20-10-. The maximum Gasteiger partial charge on any atom is 0.275 e. The van der Waals surface area contributed by atoms with Gasteiger partial charge < -0.3 is 4.42 Å². The summed E-state index contributed by atoms with van der Waals surface area (Å²) in [4.78, 5) is 18.3. The quantitative estimate of drug-likeness (QED) is 0.356. The Hall–Kier alpha value is -2.60. The molecule has 0 radical (unpaired) electrons. The molecular formula is C22H14Cl2N2O2S. The number of furan rings is 1. The topological polar surface area (TPSA) is 47.5 Å². The van der Waals surface area contributed by atoms with Gasteiger partial charge >= 0.3 is 0 Å². The van der Waals surface area contributed by atoms with Crippen molar-refractivity contribution in [1.29, 1.82) is 0 Å². The van der Waals surface area contributed by atoms with E-state index in [9.17, 15) is 4.79 Å². The molecule has 3 aromatic heterocycles. The molecule has 3 heterocycles. The minimum Gasteiger partial charge on any atom is -0.457 e. The van der Waals surface area contributed by atoms with E-state index in [0.29, 0.717) is 31.1 Å². The lowest BCUT2D eigenvalue weighted by Gasteiger charge is -2.00. The average Bonchev–Trinajstić information content (AvgIpc) is 3.33. The Balaban J connectivity index is 1.63. The summed E-state index contributed by atoms with van der Waals surface area (Å²) in [5, 5.41) is 1.07. The smallest absolute Gasteiger partial charge is 0.275 e. The SMILES string of the molecule is Cc1cc2nc3s/c(=C\c4ccc(-c5ccc(Cl)cc5Cl)o4)c(=O)n3c2cc1C. The van der Waals surface area contributed by atoms with E-state index in [4.69, 9.17) is 27.6 Å². The number of rotatable bonds is 2. The molecule has 0 aliphatic rings. The third kappa shape index (κ3) is 3.06. The Kier molecular flexibility index (Phi) is 4.28. The van der Waals surface area contributed by atoms with Gasteiger partial charge in [-0.2, -0.15) is 0 Å². The summed E-state index contributed by atoms with van der Waals surface area (Å²) in [6.07, 6.45) is 1.74. The molecule has 144 valence electrons. The summed E-state index contributed by atoms with van der Waals surface area (Å²) in [6, 6.07) is 12.9. The van der Waals surface area contributed by atoms with Gasteiger partial charge in [0.05, 0.1) is 16.1 Å². The largest absolute Gasteiger partial charge is 0.457 e. The van der Waals surface area contributed by atoms with E-state index in [1.807, 2.05) is 44.2 Å². The van der Waals surface area contributed by atoms with Crippen LogP contribution in [0.3, 0.4) is 0 Å². The van der Waals surface area contributed by atoms with Crippen LogP contribution >= 0.6 is 34.5 Å². The number of aromatic nitrogens is 2. The van der Waals surface area contributed by atoms with Gasteiger partial charge in [0.2, 0.25) is 0 Å². The first kappa shape index (κ1) is 18.4. The van der Waals surface area contributed by atoms with Gasteiger partial charge in [0.15, 0.2) is 4.96 Å². The second-order valence-corrected chi connectivity index (χ2v) is 8.75. The lowest BCUT2D eigenvalue weighted by atomic mass is 10.1. The third-order valence-corrected chi connectivity index (χ3v) is 6.47. The van der Waals surface area contributed by atoms with Crippen molar-refractivity contribution in [3.63, 3.8) is 0 Å². The van der Waals surface area contributed by atoms with Crippen molar-refractivity contribution in [3.05, 3.63) is 84.3 Å². The zero-order chi connectivity index (χ0) is 20.3. The Morgan fingerprint density at radius 3 is 2.66 bits per heavy atom. The van der Waals surface area contributed by atoms with Gasteiger partial charge in [-0.3, -0.25) is 4.79 Å². The van der Waals surface area contributed by atoms with Crippen LogP contribution in [0.5, 0.6) is 0 Å². The van der Waals surface area contributed by atoms with E-state index >= 15 is 0 Å². The number of benzene rings is 2. The molecule has 0 N–H and O–H groups in total. The average molecular weight is 441 g/mol. The molecule has 2 aromatic carbocycles. The lowest BCUT2D eigenvalue weighted by Crippen LogP contribution is -2.22. The Morgan fingerprint density at radius 2 is 1.86 bits per heavy atom. The molecular weight excluding hydrogens is 427 g/mol. The van der Waals surface area contributed by atoms with Gasteiger partial charge in [0.25, 0.3) is 5.56 Å². The molecule has 0 aliphatic carbocycles. The number of hydrogen-bond acceptors (Lipinski definition) is 4. The summed E-state index contributed by atoms with van der Waals surface area (Å²) in [7, 11) is 0.